The second kappa shape index (κ2) is 8.55. The average Bonchev–Trinajstić information content (AvgIpc) is 3.00. The summed E-state index contributed by atoms with van der Waals surface area (Å²) in [6.07, 6.45) is 3.39. The first-order valence-electron chi connectivity index (χ1n) is 9.02. The van der Waals surface area contributed by atoms with Gasteiger partial charge < -0.3 is 15.0 Å². The first-order valence-corrected chi connectivity index (χ1v) is 9.02. The van der Waals surface area contributed by atoms with E-state index in [1.54, 1.807) is 0 Å². The van der Waals surface area contributed by atoms with Gasteiger partial charge in [-0.2, -0.15) is 0 Å². The van der Waals surface area contributed by atoms with E-state index in [0.717, 1.165) is 19.0 Å². The Morgan fingerprint density at radius 1 is 1.27 bits per heavy atom. The lowest BCUT2D eigenvalue weighted by Gasteiger charge is -2.30. The molecule has 2 amide bonds. The van der Waals surface area contributed by atoms with Crippen LogP contribution in [0, 0.1) is 5.82 Å². The zero-order chi connectivity index (χ0) is 18.5. The van der Waals surface area contributed by atoms with E-state index in [1.807, 2.05) is 11.9 Å². The minimum Gasteiger partial charge on any atom is -0.378 e. The van der Waals surface area contributed by atoms with Crippen LogP contribution in [0.4, 0.5) is 4.39 Å². The molecule has 3 rings (SSSR count). The van der Waals surface area contributed by atoms with Gasteiger partial charge in [-0.3, -0.25) is 14.5 Å². The number of hydrogen-bond acceptors (Lipinski definition) is 5. The zero-order valence-corrected chi connectivity index (χ0v) is 15.0. The molecule has 142 valence electrons. The Kier molecular flexibility index (Phi) is 6.16. The summed E-state index contributed by atoms with van der Waals surface area (Å²) in [5.41, 5.74) is 0.200. The summed E-state index contributed by atoms with van der Waals surface area (Å²) in [6.45, 7) is 3.03. The number of rotatable bonds is 5. The van der Waals surface area contributed by atoms with Crippen molar-refractivity contribution in [3.63, 3.8) is 0 Å². The van der Waals surface area contributed by atoms with E-state index >= 15 is 0 Å². The standard InChI is InChI=1S/C18H25FN4O3/c1-22-14(10-17(24)23-6-8-26-9-7-23)3-4-15(22)12-21-18(25)16-5-2-13(19)11-20-16/h2,5,11,14-15H,3-4,6-10,12H2,1H3,(H,21,25)/t14-,15+/m1/s1. The SMILES string of the molecule is CN1[C@@H](CC(=O)N2CCOCC2)CC[C@H]1CNC(=O)c1ccc(F)cn1. The van der Waals surface area contributed by atoms with Gasteiger partial charge in [0, 0.05) is 38.1 Å². The number of nitrogens with zero attached hydrogens (tertiary/aromatic N) is 3. The second-order valence-electron chi connectivity index (χ2n) is 6.82. The molecule has 0 bridgehead atoms. The van der Waals surface area contributed by atoms with Crippen molar-refractivity contribution in [1.29, 1.82) is 0 Å². The van der Waals surface area contributed by atoms with Crippen LogP contribution in [0.1, 0.15) is 29.8 Å². The highest BCUT2D eigenvalue weighted by Crippen LogP contribution is 2.25. The number of ether oxygens (including phenoxy) is 1. The Hall–Kier alpha value is -2.06. The molecule has 1 N–H and O–H groups in total. The Bertz CT molecular complexity index is 634. The first-order chi connectivity index (χ1) is 12.5. The fraction of sp³-hybridized carbons (Fsp3) is 0.611. The predicted octanol–water partition coefficient (Wildman–Crippen LogP) is 0.662. The fourth-order valence-corrected chi connectivity index (χ4v) is 3.54. The molecule has 26 heavy (non-hydrogen) atoms. The van der Waals surface area contributed by atoms with Crippen molar-refractivity contribution in [2.45, 2.75) is 31.3 Å². The van der Waals surface area contributed by atoms with Crippen LogP contribution in [-0.2, 0) is 9.53 Å². The number of morpholine rings is 1. The van der Waals surface area contributed by atoms with Crippen LogP contribution < -0.4 is 5.32 Å². The quantitative estimate of drug-likeness (QED) is 0.831. The van der Waals surface area contributed by atoms with E-state index in [2.05, 4.69) is 15.2 Å². The minimum atomic E-state index is -0.468. The molecule has 2 fully saturated rings. The molecule has 2 saturated heterocycles. The Morgan fingerprint density at radius 2 is 2.00 bits per heavy atom. The molecule has 1 aromatic heterocycles. The lowest BCUT2D eigenvalue weighted by Crippen LogP contribution is -2.45. The van der Waals surface area contributed by atoms with Crippen molar-refractivity contribution in [1.82, 2.24) is 20.1 Å². The Balaban J connectivity index is 1.46. The number of aromatic nitrogens is 1. The maximum atomic E-state index is 12.9. The fourth-order valence-electron chi connectivity index (χ4n) is 3.54. The first kappa shape index (κ1) is 18.7. The molecule has 0 radical (unpaired) electrons. The molecule has 2 atom stereocenters. The number of likely N-dealkylation sites (tertiary alicyclic amines) is 1. The van der Waals surface area contributed by atoms with Gasteiger partial charge in [-0.25, -0.2) is 9.37 Å². The van der Waals surface area contributed by atoms with Crippen LogP contribution in [-0.4, -0.2) is 78.6 Å². The molecule has 0 saturated carbocycles. The predicted molar refractivity (Wildman–Crippen MR) is 93.1 cm³/mol. The summed E-state index contributed by atoms with van der Waals surface area (Å²) in [6, 6.07) is 2.96. The van der Waals surface area contributed by atoms with Crippen LogP contribution in [0.2, 0.25) is 0 Å². The molecule has 3 heterocycles. The summed E-state index contributed by atoms with van der Waals surface area (Å²) < 4.78 is 18.2. The van der Waals surface area contributed by atoms with Gasteiger partial charge >= 0.3 is 0 Å². The molecule has 0 aromatic carbocycles. The van der Waals surface area contributed by atoms with E-state index in [4.69, 9.17) is 4.74 Å². The highest BCUT2D eigenvalue weighted by molar-refractivity contribution is 5.92. The van der Waals surface area contributed by atoms with Gasteiger partial charge in [0.15, 0.2) is 0 Å². The van der Waals surface area contributed by atoms with E-state index in [-0.39, 0.29) is 29.6 Å². The summed E-state index contributed by atoms with van der Waals surface area (Å²) in [4.78, 5) is 32.4. The average molecular weight is 364 g/mol. The van der Waals surface area contributed by atoms with Crippen molar-refractivity contribution in [2.75, 3.05) is 39.9 Å². The number of amides is 2. The molecule has 2 aliphatic heterocycles. The van der Waals surface area contributed by atoms with Gasteiger partial charge in [0.1, 0.15) is 11.5 Å². The van der Waals surface area contributed by atoms with Gasteiger partial charge in [-0.1, -0.05) is 0 Å². The maximum absolute atomic E-state index is 12.9. The monoisotopic (exact) mass is 364 g/mol. The number of carbonyl (C=O) groups is 2. The Morgan fingerprint density at radius 3 is 2.69 bits per heavy atom. The third kappa shape index (κ3) is 4.56. The Labute approximate surface area is 152 Å². The summed E-state index contributed by atoms with van der Waals surface area (Å²) in [5, 5.41) is 2.85. The van der Waals surface area contributed by atoms with Gasteiger partial charge in [-0.15, -0.1) is 0 Å². The topological polar surface area (TPSA) is 74.8 Å². The van der Waals surface area contributed by atoms with Crippen molar-refractivity contribution in [2.24, 2.45) is 0 Å². The van der Waals surface area contributed by atoms with Crippen LogP contribution in [0.5, 0.6) is 0 Å². The van der Waals surface area contributed by atoms with Crippen molar-refractivity contribution in [3.05, 3.63) is 29.8 Å². The van der Waals surface area contributed by atoms with Gasteiger partial charge in [-0.05, 0) is 32.0 Å². The molecule has 7 nitrogen and oxygen atoms in total. The third-order valence-corrected chi connectivity index (χ3v) is 5.22. The third-order valence-electron chi connectivity index (χ3n) is 5.22. The molecule has 2 aliphatic rings. The van der Waals surface area contributed by atoms with E-state index in [1.165, 1.54) is 12.1 Å². The number of likely N-dealkylation sites (N-methyl/N-ethyl adjacent to an activating group) is 1. The van der Waals surface area contributed by atoms with E-state index in [0.29, 0.717) is 39.3 Å². The van der Waals surface area contributed by atoms with Crippen LogP contribution in [0.15, 0.2) is 18.3 Å². The van der Waals surface area contributed by atoms with Crippen LogP contribution in [0.3, 0.4) is 0 Å². The molecule has 0 aliphatic carbocycles. The van der Waals surface area contributed by atoms with Gasteiger partial charge in [0.2, 0.25) is 5.91 Å². The van der Waals surface area contributed by atoms with E-state index < -0.39 is 5.82 Å². The molecular formula is C18H25FN4O3. The lowest BCUT2D eigenvalue weighted by molar-refractivity contribution is -0.136. The van der Waals surface area contributed by atoms with Gasteiger partial charge in [0.25, 0.3) is 5.91 Å². The van der Waals surface area contributed by atoms with E-state index in [9.17, 15) is 14.0 Å². The highest BCUT2D eigenvalue weighted by atomic mass is 19.1. The highest BCUT2D eigenvalue weighted by Gasteiger charge is 2.33. The summed E-state index contributed by atoms with van der Waals surface area (Å²) >= 11 is 0. The van der Waals surface area contributed by atoms with Crippen molar-refractivity contribution in [3.8, 4) is 0 Å². The summed E-state index contributed by atoms with van der Waals surface area (Å²) in [7, 11) is 2.00. The van der Waals surface area contributed by atoms with Crippen LogP contribution in [0.25, 0.3) is 0 Å². The van der Waals surface area contributed by atoms with Gasteiger partial charge in [0.05, 0.1) is 19.4 Å². The molecule has 1 aromatic rings. The van der Waals surface area contributed by atoms with Crippen molar-refractivity contribution < 1.29 is 18.7 Å². The number of carbonyl (C=O) groups excluding carboxylic acids is 2. The molecular weight excluding hydrogens is 339 g/mol. The molecule has 8 heteroatoms. The number of pyridine rings is 1. The van der Waals surface area contributed by atoms with Crippen LogP contribution >= 0.6 is 0 Å². The summed E-state index contributed by atoms with van der Waals surface area (Å²) in [5.74, 6) is -0.610. The lowest BCUT2D eigenvalue weighted by atomic mass is 10.1. The number of nitrogens with one attached hydrogen (secondary N) is 1. The minimum absolute atomic E-state index is 0.172. The smallest absolute Gasteiger partial charge is 0.269 e. The van der Waals surface area contributed by atoms with Crippen molar-refractivity contribution >= 4 is 11.8 Å². The number of halogens is 1. The normalized spacial score (nSPS) is 23.8. The zero-order valence-electron chi connectivity index (χ0n) is 15.0. The maximum Gasteiger partial charge on any atom is 0.269 e. The second-order valence-corrected chi connectivity index (χ2v) is 6.82. The largest absolute Gasteiger partial charge is 0.378 e. The molecule has 0 unspecified atom stereocenters. The molecule has 0 spiro atoms. The number of hydrogen-bond donors (Lipinski definition) is 1.